The number of esters is 1. The summed E-state index contributed by atoms with van der Waals surface area (Å²) < 4.78 is 4.46. The molecule has 0 aromatic heterocycles. The third kappa shape index (κ3) is 4.81. The zero-order valence-corrected chi connectivity index (χ0v) is 12.7. The Morgan fingerprint density at radius 2 is 2.29 bits per heavy atom. The van der Waals surface area contributed by atoms with Crippen LogP contribution in [0.2, 0.25) is 5.02 Å². The third-order valence-corrected chi connectivity index (χ3v) is 3.61. The number of ether oxygens (including phenoxy) is 1. The molecular weight excluding hydrogens is 352 g/mol. The molecule has 3 nitrogen and oxygen atoms in total. The molecular formula is C12H15ClINO2. The molecule has 0 radical (unpaired) electrons. The van der Waals surface area contributed by atoms with Crippen LogP contribution in [0.4, 0.5) is 0 Å². The number of carbonyl (C=O) groups excluding carboxylic acids is 1. The minimum atomic E-state index is -0.215. The number of carbonyl (C=O) groups is 1. The number of hydrogen-bond donors (Lipinski definition) is 1. The first kappa shape index (κ1) is 14.7. The first-order valence-corrected chi connectivity index (χ1v) is 6.84. The van der Waals surface area contributed by atoms with E-state index in [2.05, 4.69) is 32.6 Å². The highest BCUT2D eigenvalue weighted by Gasteiger charge is 2.14. The van der Waals surface area contributed by atoms with Gasteiger partial charge in [-0.1, -0.05) is 46.3 Å². The Morgan fingerprint density at radius 3 is 2.88 bits per heavy atom. The molecule has 1 unspecified atom stereocenters. The van der Waals surface area contributed by atoms with E-state index in [0.29, 0.717) is 13.1 Å². The second kappa shape index (κ2) is 7.18. The topological polar surface area (TPSA) is 38.3 Å². The molecule has 0 spiro atoms. The van der Waals surface area contributed by atoms with Crippen molar-refractivity contribution in [1.82, 2.24) is 5.32 Å². The minimum absolute atomic E-state index is 0.179. The standard InChI is InChI=1S/C12H15ClINO2/c1-8-3-4-9(10(13)5-8)6-15-7-11(14)12(16)17-2/h3-5,11,15H,6-7H2,1-2H3. The van der Waals surface area contributed by atoms with Gasteiger partial charge >= 0.3 is 5.97 Å². The van der Waals surface area contributed by atoms with Gasteiger partial charge in [0.2, 0.25) is 0 Å². The fourth-order valence-corrected chi connectivity index (χ4v) is 2.21. The molecule has 0 aliphatic rings. The Morgan fingerprint density at radius 1 is 1.59 bits per heavy atom. The maximum atomic E-state index is 11.2. The summed E-state index contributed by atoms with van der Waals surface area (Å²) in [6.45, 7) is 3.22. The fraction of sp³-hybridized carbons (Fsp3) is 0.417. The van der Waals surface area contributed by atoms with Crippen molar-refractivity contribution in [3.05, 3.63) is 34.3 Å². The lowest BCUT2D eigenvalue weighted by Crippen LogP contribution is -2.29. The van der Waals surface area contributed by atoms with Gasteiger partial charge in [0.15, 0.2) is 0 Å². The van der Waals surface area contributed by atoms with Gasteiger partial charge < -0.3 is 10.1 Å². The summed E-state index contributed by atoms with van der Waals surface area (Å²) in [5, 5.41) is 3.93. The molecule has 1 aromatic carbocycles. The van der Waals surface area contributed by atoms with Gasteiger partial charge in [0.1, 0.15) is 3.92 Å². The van der Waals surface area contributed by atoms with Crippen LogP contribution in [0, 0.1) is 6.92 Å². The Labute approximate surface area is 120 Å². The zero-order valence-electron chi connectivity index (χ0n) is 9.80. The molecule has 1 atom stereocenters. The number of alkyl halides is 1. The van der Waals surface area contributed by atoms with Crippen LogP contribution in [0.15, 0.2) is 18.2 Å². The lowest BCUT2D eigenvalue weighted by molar-refractivity contribution is -0.139. The molecule has 0 amide bonds. The zero-order chi connectivity index (χ0) is 12.8. The van der Waals surface area contributed by atoms with Gasteiger partial charge in [-0.3, -0.25) is 4.79 Å². The summed E-state index contributed by atoms with van der Waals surface area (Å²) in [4.78, 5) is 11.2. The molecule has 94 valence electrons. The number of nitrogens with one attached hydrogen (secondary N) is 1. The van der Waals surface area contributed by atoms with Gasteiger partial charge in [-0.05, 0) is 24.1 Å². The van der Waals surface area contributed by atoms with Gasteiger partial charge in [-0.15, -0.1) is 0 Å². The second-order valence-corrected chi connectivity index (χ2v) is 5.63. The van der Waals surface area contributed by atoms with Crippen molar-refractivity contribution >= 4 is 40.2 Å². The number of halogens is 2. The van der Waals surface area contributed by atoms with Crippen molar-refractivity contribution in [2.24, 2.45) is 0 Å². The SMILES string of the molecule is COC(=O)C(I)CNCc1ccc(C)cc1Cl. The van der Waals surface area contributed by atoms with Gasteiger partial charge in [-0.25, -0.2) is 0 Å². The molecule has 0 heterocycles. The first-order chi connectivity index (χ1) is 8.04. The predicted octanol–water partition coefficient (Wildman–Crippen LogP) is 2.71. The maximum Gasteiger partial charge on any atom is 0.319 e. The average Bonchev–Trinajstić information content (AvgIpc) is 2.30. The molecule has 1 N–H and O–H groups in total. The van der Waals surface area contributed by atoms with Crippen molar-refractivity contribution in [3.8, 4) is 0 Å². The Bertz CT molecular complexity index is 398. The highest BCUT2D eigenvalue weighted by molar-refractivity contribution is 14.1. The van der Waals surface area contributed by atoms with Gasteiger partial charge in [0.25, 0.3) is 0 Å². The van der Waals surface area contributed by atoms with E-state index >= 15 is 0 Å². The summed E-state index contributed by atoms with van der Waals surface area (Å²) in [5.74, 6) is -0.215. The predicted molar refractivity (Wildman–Crippen MR) is 77.7 cm³/mol. The molecule has 0 saturated carbocycles. The minimum Gasteiger partial charge on any atom is -0.468 e. The van der Waals surface area contributed by atoms with Crippen LogP contribution in [0.3, 0.4) is 0 Å². The summed E-state index contributed by atoms with van der Waals surface area (Å²) in [6, 6.07) is 5.94. The number of rotatable bonds is 5. The van der Waals surface area contributed by atoms with Crippen molar-refractivity contribution in [3.63, 3.8) is 0 Å². The largest absolute Gasteiger partial charge is 0.468 e. The van der Waals surface area contributed by atoms with Gasteiger partial charge in [0, 0.05) is 18.1 Å². The third-order valence-electron chi connectivity index (χ3n) is 2.30. The van der Waals surface area contributed by atoms with E-state index in [1.165, 1.54) is 7.11 Å². The lowest BCUT2D eigenvalue weighted by Gasteiger charge is -2.10. The fourth-order valence-electron chi connectivity index (χ4n) is 1.34. The quantitative estimate of drug-likeness (QED) is 0.494. The molecule has 0 saturated heterocycles. The van der Waals surface area contributed by atoms with Crippen LogP contribution < -0.4 is 5.32 Å². The smallest absolute Gasteiger partial charge is 0.319 e. The van der Waals surface area contributed by atoms with E-state index < -0.39 is 0 Å². The molecule has 17 heavy (non-hydrogen) atoms. The Kier molecular flexibility index (Phi) is 6.22. The number of methoxy groups -OCH3 is 1. The molecule has 0 aliphatic heterocycles. The van der Waals surface area contributed by atoms with Gasteiger partial charge in [0.05, 0.1) is 7.11 Å². The molecule has 0 aliphatic carbocycles. The normalized spacial score (nSPS) is 12.2. The molecule has 0 bridgehead atoms. The Hall–Kier alpha value is -0.330. The number of hydrogen-bond acceptors (Lipinski definition) is 3. The second-order valence-electron chi connectivity index (χ2n) is 3.72. The van der Waals surface area contributed by atoms with E-state index in [4.69, 9.17) is 11.6 Å². The molecule has 5 heteroatoms. The average molecular weight is 368 g/mol. The molecule has 1 aromatic rings. The highest BCUT2D eigenvalue weighted by atomic mass is 127. The lowest BCUT2D eigenvalue weighted by atomic mass is 10.1. The Balaban J connectivity index is 2.43. The van der Waals surface area contributed by atoms with Crippen molar-refractivity contribution in [2.45, 2.75) is 17.4 Å². The highest BCUT2D eigenvalue weighted by Crippen LogP contribution is 2.17. The summed E-state index contributed by atoms with van der Waals surface area (Å²) in [7, 11) is 1.39. The van der Waals surface area contributed by atoms with E-state index in [9.17, 15) is 4.79 Å². The molecule has 1 rings (SSSR count). The molecule has 0 fully saturated rings. The van der Waals surface area contributed by atoms with Crippen LogP contribution in [0.5, 0.6) is 0 Å². The van der Waals surface area contributed by atoms with Gasteiger partial charge in [-0.2, -0.15) is 0 Å². The van der Waals surface area contributed by atoms with Crippen molar-refractivity contribution < 1.29 is 9.53 Å². The van der Waals surface area contributed by atoms with Crippen LogP contribution in [0.1, 0.15) is 11.1 Å². The number of aryl methyl sites for hydroxylation is 1. The van der Waals surface area contributed by atoms with Crippen LogP contribution in [-0.2, 0) is 16.1 Å². The monoisotopic (exact) mass is 367 g/mol. The van der Waals surface area contributed by atoms with E-state index in [-0.39, 0.29) is 9.89 Å². The van der Waals surface area contributed by atoms with Crippen LogP contribution >= 0.6 is 34.2 Å². The van der Waals surface area contributed by atoms with Crippen LogP contribution in [0.25, 0.3) is 0 Å². The maximum absolute atomic E-state index is 11.2. The van der Waals surface area contributed by atoms with E-state index in [1.54, 1.807) is 0 Å². The number of benzene rings is 1. The van der Waals surface area contributed by atoms with Crippen molar-refractivity contribution in [2.75, 3.05) is 13.7 Å². The van der Waals surface area contributed by atoms with E-state index in [0.717, 1.165) is 16.1 Å². The summed E-state index contributed by atoms with van der Waals surface area (Å²) in [6.07, 6.45) is 0. The van der Waals surface area contributed by atoms with Crippen LogP contribution in [-0.4, -0.2) is 23.5 Å². The first-order valence-electron chi connectivity index (χ1n) is 5.22. The van der Waals surface area contributed by atoms with Crippen molar-refractivity contribution in [1.29, 1.82) is 0 Å². The summed E-state index contributed by atoms with van der Waals surface area (Å²) >= 11 is 8.16. The summed E-state index contributed by atoms with van der Waals surface area (Å²) in [5.41, 5.74) is 2.17. The van der Waals surface area contributed by atoms with E-state index in [1.807, 2.05) is 25.1 Å².